The molecule has 3 heterocycles. The van der Waals surface area contributed by atoms with E-state index in [4.69, 9.17) is 0 Å². The van der Waals surface area contributed by atoms with Crippen LogP contribution in [0.5, 0.6) is 0 Å². The Morgan fingerprint density at radius 3 is 3.00 bits per heavy atom. The molecule has 2 N–H and O–H groups in total. The molecule has 0 unspecified atom stereocenters. The zero-order valence-electron chi connectivity index (χ0n) is 10.7. The molecule has 0 saturated heterocycles. The average molecular weight is 311 g/mol. The van der Waals surface area contributed by atoms with E-state index in [1.807, 2.05) is 6.92 Å². The minimum absolute atomic E-state index is 0.143. The monoisotopic (exact) mass is 311 g/mol. The molecule has 9 heteroatoms. The summed E-state index contributed by atoms with van der Waals surface area (Å²) >= 11 is 1.39. The van der Waals surface area contributed by atoms with Gasteiger partial charge in [0.2, 0.25) is 0 Å². The second-order valence-electron chi connectivity index (χ2n) is 4.19. The van der Waals surface area contributed by atoms with E-state index in [1.165, 1.54) is 17.5 Å². The molecule has 0 aliphatic heterocycles. The molecule has 7 nitrogen and oxygen atoms in total. The van der Waals surface area contributed by atoms with Crippen LogP contribution in [0.2, 0.25) is 0 Å². The number of sulfonamides is 1. The Morgan fingerprint density at radius 1 is 1.40 bits per heavy atom. The minimum atomic E-state index is -3.60. The maximum Gasteiger partial charge on any atom is 0.258 e. The third-order valence-electron chi connectivity index (χ3n) is 2.86. The maximum absolute atomic E-state index is 12.3. The summed E-state index contributed by atoms with van der Waals surface area (Å²) in [5.74, 6) is 0.837. The third-order valence-corrected chi connectivity index (χ3v) is 5.00. The summed E-state index contributed by atoms with van der Waals surface area (Å²) in [5, 5.41) is 1.94. The first-order chi connectivity index (χ1) is 9.60. The second-order valence-corrected chi connectivity index (χ2v) is 6.77. The maximum atomic E-state index is 12.3. The molecular weight excluding hydrogens is 298 g/mol. The summed E-state index contributed by atoms with van der Waals surface area (Å²) in [6.45, 7) is 2.15. The smallest absolute Gasteiger partial charge is 0.258 e. The van der Waals surface area contributed by atoms with E-state index < -0.39 is 10.0 Å². The lowest BCUT2D eigenvalue weighted by Crippen LogP contribution is -2.24. The van der Waals surface area contributed by atoms with E-state index in [0.29, 0.717) is 4.96 Å². The molecule has 0 bridgehead atoms. The number of fused-ring (bicyclic) bond motifs is 1. The number of rotatable bonds is 5. The van der Waals surface area contributed by atoms with Crippen LogP contribution in [0.25, 0.3) is 4.96 Å². The van der Waals surface area contributed by atoms with Gasteiger partial charge in [0.15, 0.2) is 9.99 Å². The fourth-order valence-electron chi connectivity index (χ4n) is 1.83. The number of aromatic amines is 1. The van der Waals surface area contributed by atoms with Crippen LogP contribution < -0.4 is 4.72 Å². The Hall–Kier alpha value is -1.71. The lowest BCUT2D eigenvalue weighted by molar-refractivity contribution is 0.575. The van der Waals surface area contributed by atoms with Gasteiger partial charge < -0.3 is 4.98 Å². The Bertz CT molecular complexity index is 830. The summed E-state index contributed by atoms with van der Waals surface area (Å²) in [5.41, 5.74) is 0.733. The van der Waals surface area contributed by atoms with Gasteiger partial charge in [0.05, 0.1) is 12.7 Å². The van der Waals surface area contributed by atoms with Crippen LogP contribution in [0.1, 0.15) is 18.4 Å². The molecule has 3 aromatic heterocycles. The van der Waals surface area contributed by atoms with Crippen LogP contribution in [0.3, 0.4) is 0 Å². The van der Waals surface area contributed by atoms with Crippen molar-refractivity contribution in [2.24, 2.45) is 0 Å². The zero-order valence-corrected chi connectivity index (χ0v) is 12.3. The summed E-state index contributed by atoms with van der Waals surface area (Å²) in [6.07, 6.45) is 5.47. The van der Waals surface area contributed by atoms with Crippen molar-refractivity contribution in [2.45, 2.75) is 24.9 Å². The van der Waals surface area contributed by atoms with E-state index in [2.05, 4.69) is 19.7 Å². The number of thiazole rings is 1. The Labute approximate surface area is 119 Å². The fraction of sp³-hybridized carbons (Fsp3) is 0.273. The average Bonchev–Trinajstić information content (AvgIpc) is 3.11. The largest absolute Gasteiger partial charge is 0.345 e. The lowest BCUT2D eigenvalue weighted by Gasteiger charge is -2.03. The SMILES string of the molecule is CCc1ncc(CNS(=O)(=O)c2cnc3sccn23)[nH]1. The first kappa shape index (κ1) is 13.3. The van der Waals surface area contributed by atoms with Crippen LogP contribution >= 0.6 is 11.3 Å². The number of H-pyrrole nitrogens is 1. The van der Waals surface area contributed by atoms with Crippen molar-refractivity contribution in [3.63, 3.8) is 0 Å². The van der Waals surface area contributed by atoms with Crippen LogP contribution in [0.15, 0.2) is 29.0 Å². The molecule has 3 rings (SSSR count). The molecule has 0 spiro atoms. The molecule has 0 amide bonds. The van der Waals surface area contributed by atoms with Gasteiger partial charge in [-0.1, -0.05) is 6.92 Å². The van der Waals surface area contributed by atoms with E-state index in [1.54, 1.807) is 22.2 Å². The van der Waals surface area contributed by atoms with Crippen LogP contribution in [-0.4, -0.2) is 27.8 Å². The van der Waals surface area contributed by atoms with Gasteiger partial charge in [-0.15, -0.1) is 11.3 Å². The molecule has 0 fully saturated rings. The first-order valence-corrected chi connectivity index (χ1v) is 8.39. The van der Waals surface area contributed by atoms with Crippen LogP contribution in [-0.2, 0) is 23.0 Å². The summed E-state index contributed by atoms with van der Waals surface area (Å²) in [7, 11) is -3.60. The van der Waals surface area contributed by atoms with Crippen molar-refractivity contribution < 1.29 is 8.42 Å². The zero-order chi connectivity index (χ0) is 14.2. The van der Waals surface area contributed by atoms with E-state index in [9.17, 15) is 8.42 Å². The standard InChI is InChI=1S/C11H13N5O2S2/c1-2-9-12-5-8(15-9)6-14-20(17,18)10-7-13-11-16(10)3-4-19-11/h3-5,7,14H,2,6H2,1H3,(H,12,15). The topological polar surface area (TPSA) is 92.2 Å². The fourth-order valence-corrected chi connectivity index (χ4v) is 3.67. The minimum Gasteiger partial charge on any atom is -0.345 e. The number of imidazole rings is 2. The van der Waals surface area contributed by atoms with Crippen molar-refractivity contribution in [1.82, 2.24) is 24.1 Å². The molecule has 0 saturated carbocycles. The van der Waals surface area contributed by atoms with Gasteiger partial charge in [-0.05, 0) is 0 Å². The van der Waals surface area contributed by atoms with Gasteiger partial charge in [-0.2, -0.15) is 0 Å². The van der Waals surface area contributed by atoms with Gasteiger partial charge in [0.1, 0.15) is 5.82 Å². The highest BCUT2D eigenvalue weighted by Gasteiger charge is 2.19. The van der Waals surface area contributed by atoms with Crippen molar-refractivity contribution in [2.75, 3.05) is 0 Å². The summed E-state index contributed by atoms with van der Waals surface area (Å²) < 4.78 is 28.6. The van der Waals surface area contributed by atoms with Gasteiger partial charge in [-0.3, -0.25) is 4.40 Å². The van der Waals surface area contributed by atoms with E-state index >= 15 is 0 Å². The Balaban J connectivity index is 1.80. The molecule has 0 aromatic carbocycles. The van der Waals surface area contributed by atoms with Crippen LogP contribution in [0, 0.1) is 0 Å². The molecule has 0 radical (unpaired) electrons. The highest BCUT2D eigenvalue weighted by Crippen LogP contribution is 2.16. The Morgan fingerprint density at radius 2 is 2.25 bits per heavy atom. The Kier molecular flexibility index (Phi) is 3.32. The summed E-state index contributed by atoms with van der Waals surface area (Å²) in [4.78, 5) is 11.9. The normalized spacial score (nSPS) is 12.2. The molecule has 0 aliphatic carbocycles. The van der Waals surface area contributed by atoms with E-state index in [0.717, 1.165) is 17.9 Å². The van der Waals surface area contributed by atoms with Gasteiger partial charge >= 0.3 is 0 Å². The number of hydrogen-bond donors (Lipinski definition) is 2. The molecule has 106 valence electrons. The number of hydrogen-bond acceptors (Lipinski definition) is 5. The van der Waals surface area contributed by atoms with Crippen molar-refractivity contribution in [3.05, 3.63) is 35.5 Å². The van der Waals surface area contributed by atoms with Gasteiger partial charge in [0, 0.05) is 29.9 Å². The van der Waals surface area contributed by atoms with Crippen LogP contribution in [0.4, 0.5) is 0 Å². The molecule has 0 aliphatic rings. The van der Waals surface area contributed by atoms with Gasteiger partial charge in [-0.25, -0.2) is 23.1 Å². The molecule has 20 heavy (non-hydrogen) atoms. The molecule has 0 atom stereocenters. The highest BCUT2D eigenvalue weighted by molar-refractivity contribution is 7.89. The highest BCUT2D eigenvalue weighted by atomic mass is 32.2. The van der Waals surface area contributed by atoms with Crippen molar-refractivity contribution in [1.29, 1.82) is 0 Å². The summed E-state index contributed by atoms with van der Waals surface area (Å²) in [6, 6.07) is 0. The quantitative estimate of drug-likeness (QED) is 0.739. The molecular formula is C11H13N5O2S2. The number of nitrogens with one attached hydrogen (secondary N) is 2. The molecule has 3 aromatic rings. The number of nitrogens with zero attached hydrogens (tertiary/aromatic N) is 3. The predicted molar refractivity (Wildman–Crippen MR) is 75.1 cm³/mol. The van der Waals surface area contributed by atoms with Crippen molar-refractivity contribution >= 4 is 26.3 Å². The van der Waals surface area contributed by atoms with Crippen molar-refractivity contribution in [3.8, 4) is 0 Å². The number of aromatic nitrogens is 4. The number of aryl methyl sites for hydroxylation is 1. The first-order valence-electron chi connectivity index (χ1n) is 6.03. The van der Waals surface area contributed by atoms with E-state index in [-0.39, 0.29) is 11.6 Å². The third kappa shape index (κ3) is 2.35. The predicted octanol–water partition coefficient (Wildman–Crippen LogP) is 1.16. The van der Waals surface area contributed by atoms with Gasteiger partial charge in [0.25, 0.3) is 10.0 Å². The second kappa shape index (κ2) is 5.00. The lowest BCUT2D eigenvalue weighted by atomic mass is 10.5.